The van der Waals surface area contributed by atoms with Gasteiger partial charge < -0.3 is 4.43 Å². The summed E-state index contributed by atoms with van der Waals surface area (Å²) in [4.78, 5) is 0. The lowest BCUT2D eigenvalue weighted by Gasteiger charge is -2.20. The highest BCUT2D eigenvalue weighted by Gasteiger charge is 2.13. The van der Waals surface area contributed by atoms with Crippen molar-refractivity contribution in [1.29, 1.82) is 0 Å². The van der Waals surface area contributed by atoms with Gasteiger partial charge in [-0.1, -0.05) is 55.1 Å². The molecule has 0 aliphatic carbocycles. The minimum absolute atomic E-state index is 0.301. The Kier molecular flexibility index (Phi) is 6.59. The molecule has 0 aliphatic heterocycles. The fraction of sp³-hybridized carbons (Fsp3) is 0.333. The van der Waals surface area contributed by atoms with Crippen molar-refractivity contribution in [3.8, 4) is 0 Å². The van der Waals surface area contributed by atoms with Crippen LogP contribution in [0.2, 0.25) is 0 Å². The van der Waals surface area contributed by atoms with Crippen molar-refractivity contribution in [3.63, 3.8) is 0 Å². The third-order valence-corrected chi connectivity index (χ3v) is 4.36. The van der Waals surface area contributed by atoms with Gasteiger partial charge in [-0.15, -0.1) is 13.2 Å². The van der Waals surface area contributed by atoms with Gasteiger partial charge in [0.05, 0.1) is 0 Å². The summed E-state index contributed by atoms with van der Waals surface area (Å²) >= 11 is 0. The van der Waals surface area contributed by atoms with Gasteiger partial charge in [0.2, 0.25) is 9.04 Å². The van der Waals surface area contributed by atoms with E-state index < -0.39 is 9.04 Å². The van der Waals surface area contributed by atoms with Gasteiger partial charge in [-0.05, 0) is 18.4 Å². The van der Waals surface area contributed by atoms with E-state index >= 15 is 0 Å². The second-order valence-corrected chi connectivity index (χ2v) is 6.32. The lowest BCUT2D eigenvalue weighted by molar-refractivity contribution is 0.197. The molecule has 1 atom stereocenters. The van der Waals surface area contributed by atoms with Crippen molar-refractivity contribution in [2.75, 3.05) is 0 Å². The van der Waals surface area contributed by atoms with E-state index in [0.29, 0.717) is 6.10 Å². The zero-order chi connectivity index (χ0) is 12.5. The monoisotopic (exact) mass is 246 g/mol. The predicted octanol–water partition coefficient (Wildman–Crippen LogP) is 3.59. The van der Waals surface area contributed by atoms with Crippen LogP contribution in [-0.2, 0) is 10.8 Å². The average Bonchev–Trinajstić information content (AvgIpc) is 2.37. The zero-order valence-electron chi connectivity index (χ0n) is 10.6. The van der Waals surface area contributed by atoms with Crippen LogP contribution in [-0.4, -0.2) is 15.1 Å². The van der Waals surface area contributed by atoms with Gasteiger partial charge in [0.25, 0.3) is 0 Å². The molecule has 1 unspecified atom stereocenters. The summed E-state index contributed by atoms with van der Waals surface area (Å²) in [5.41, 5.74) is 5.20. The van der Waals surface area contributed by atoms with E-state index in [1.807, 2.05) is 17.5 Å². The molecule has 0 aromatic heterocycles. The highest BCUT2D eigenvalue weighted by atomic mass is 28.3. The van der Waals surface area contributed by atoms with Gasteiger partial charge in [0, 0.05) is 6.10 Å². The third-order valence-electron chi connectivity index (χ3n) is 2.73. The van der Waals surface area contributed by atoms with E-state index in [0.717, 1.165) is 19.3 Å². The van der Waals surface area contributed by atoms with Crippen molar-refractivity contribution >= 4 is 9.04 Å². The lowest BCUT2D eigenvalue weighted by atomic mass is 10.1. The van der Waals surface area contributed by atoms with Crippen LogP contribution in [0.25, 0.3) is 0 Å². The van der Waals surface area contributed by atoms with Gasteiger partial charge in [0.15, 0.2) is 0 Å². The van der Waals surface area contributed by atoms with E-state index in [4.69, 9.17) is 4.43 Å². The molecule has 0 saturated heterocycles. The fourth-order valence-corrected chi connectivity index (χ4v) is 2.94. The molecule has 1 aromatic carbocycles. The molecule has 0 bridgehead atoms. The lowest BCUT2D eigenvalue weighted by Crippen LogP contribution is -2.24. The molecule has 0 spiro atoms. The second-order valence-electron chi connectivity index (χ2n) is 4.17. The molecule has 17 heavy (non-hydrogen) atoms. The first-order chi connectivity index (χ1) is 8.30. The Balaban J connectivity index is 2.59. The first kappa shape index (κ1) is 13.9. The molecule has 1 aromatic rings. The molecule has 0 aliphatic rings. The standard InChI is InChI=1S/C15H22OSi/c1-4-10-15(16-17(5-2)6-3)13-14-11-8-7-9-12-14/h5-9,11-12,15,17H,2-4,10,13H2,1H3. The van der Waals surface area contributed by atoms with E-state index in [2.05, 4.69) is 44.3 Å². The summed E-state index contributed by atoms with van der Waals surface area (Å²) < 4.78 is 6.10. The smallest absolute Gasteiger partial charge is 0.224 e. The molecule has 0 amide bonds. The van der Waals surface area contributed by atoms with E-state index in [1.54, 1.807) is 0 Å². The number of rotatable bonds is 8. The molecule has 92 valence electrons. The Morgan fingerprint density at radius 3 is 2.41 bits per heavy atom. The Morgan fingerprint density at radius 1 is 1.24 bits per heavy atom. The van der Waals surface area contributed by atoms with Gasteiger partial charge in [-0.3, -0.25) is 0 Å². The molecule has 0 fully saturated rings. The van der Waals surface area contributed by atoms with Crippen LogP contribution < -0.4 is 0 Å². The SMILES string of the molecule is C=C[SiH](C=C)OC(CCC)Cc1ccccc1. The van der Waals surface area contributed by atoms with Crippen LogP contribution in [0.4, 0.5) is 0 Å². The van der Waals surface area contributed by atoms with Crippen molar-refractivity contribution in [3.05, 3.63) is 60.5 Å². The summed E-state index contributed by atoms with van der Waals surface area (Å²) in [6, 6.07) is 10.5. The molecular formula is C15H22OSi. The molecular weight excluding hydrogens is 224 g/mol. The average molecular weight is 246 g/mol. The maximum absolute atomic E-state index is 6.10. The summed E-state index contributed by atoms with van der Waals surface area (Å²) in [5, 5.41) is 0. The normalized spacial score (nSPS) is 12.4. The molecule has 1 rings (SSSR count). The zero-order valence-corrected chi connectivity index (χ0v) is 11.8. The summed E-state index contributed by atoms with van der Waals surface area (Å²) in [5.74, 6) is 0. The molecule has 2 heteroatoms. The minimum atomic E-state index is -1.40. The molecule has 0 radical (unpaired) electrons. The maximum Gasteiger partial charge on any atom is 0.224 e. The van der Waals surface area contributed by atoms with Crippen LogP contribution in [0.3, 0.4) is 0 Å². The van der Waals surface area contributed by atoms with Gasteiger partial charge >= 0.3 is 0 Å². The Bertz CT molecular complexity index is 326. The third kappa shape index (κ3) is 5.15. The number of hydrogen-bond donors (Lipinski definition) is 0. The van der Waals surface area contributed by atoms with Crippen LogP contribution in [0.15, 0.2) is 54.9 Å². The highest BCUT2D eigenvalue weighted by Crippen LogP contribution is 2.12. The molecule has 1 nitrogen and oxygen atoms in total. The Hall–Kier alpha value is -1.12. The summed E-state index contributed by atoms with van der Waals surface area (Å²) in [6.45, 7) is 9.83. The topological polar surface area (TPSA) is 9.23 Å². The predicted molar refractivity (Wildman–Crippen MR) is 77.5 cm³/mol. The van der Waals surface area contributed by atoms with Crippen LogP contribution >= 0.6 is 0 Å². The van der Waals surface area contributed by atoms with Crippen molar-refractivity contribution in [1.82, 2.24) is 0 Å². The fourth-order valence-electron chi connectivity index (χ4n) is 1.85. The quantitative estimate of drug-likeness (QED) is 0.637. The Labute approximate surface area is 107 Å². The second kappa shape index (κ2) is 8.04. The maximum atomic E-state index is 6.10. The summed E-state index contributed by atoms with van der Waals surface area (Å²) in [7, 11) is -1.40. The first-order valence-corrected chi connectivity index (χ1v) is 8.05. The molecule has 0 N–H and O–H groups in total. The summed E-state index contributed by atoms with van der Waals surface area (Å²) in [6.07, 6.45) is 3.53. The van der Waals surface area contributed by atoms with Crippen molar-refractivity contribution in [2.45, 2.75) is 32.3 Å². The van der Waals surface area contributed by atoms with Gasteiger partial charge in [-0.2, -0.15) is 0 Å². The largest absolute Gasteiger partial charge is 0.409 e. The van der Waals surface area contributed by atoms with Crippen molar-refractivity contribution in [2.24, 2.45) is 0 Å². The number of benzene rings is 1. The number of hydrogen-bond acceptors (Lipinski definition) is 1. The molecule has 0 heterocycles. The molecule has 0 saturated carbocycles. The van der Waals surface area contributed by atoms with Gasteiger partial charge in [0.1, 0.15) is 0 Å². The van der Waals surface area contributed by atoms with Gasteiger partial charge in [-0.25, -0.2) is 0 Å². The van der Waals surface area contributed by atoms with Crippen molar-refractivity contribution < 1.29 is 4.43 Å². The Morgan fingerprint density at radius 2 is 1.88 bits per heavy atom. The first-order valence-electron chi connectivity index (χ1n) is 6.24. The van der Waals surface area contributed by atoms with E-state index in [9.17, 15) is 0 Å². The van der Waals surface area contributed by atoms with Crippen LogP contribution in [0.5, 0.6) is 0 Å². The minimum Gasteiger partial charge on any atom is -0.409 e. The van der Waals surface area contributed by atoms with Crippen LogP contribution in [0.1, 0.15) is 25.3 Å². The highest BCUT2D eigenvalue weighted by molar-refractivity contribution is 6.62. The van der Waals surface area contributed by atoms with E-state index in [-0.39, 0.29) is 0 Å². The van der Waals surface area contributed by atoms with Crippen LogP contribution in [0, 0.1) is 0 Å². The van der Waals surface area contributed by atoms with E-state index in [1.165, 1.54) is 5.56 Å².